The van der Waals surface area contributed by atoms with Crippen LogP contribution >= 0.6 is 23.4 Å². The highest BCUT2D eigenvalue weighted by Crippen LogP contribution is 2.25. The fraction of sp³-hybridized carbons (Fsp3) is 0.125. The van der Waals surface area contributed by atoms with E-state index in [9.17, 15) is 4.79 Å². The van der Waals surface area contributed by atoms with Crippen LogP contribution in [0.15, 0.2) is 89.1 Å². The predicted molar refractivity (Wildman–Crippen MR) is 128 cm³/mol. The third kappa shape index (κ3) is 5.34. The molecule has 1 aromatic heterocycles. The van der Waals surface area contributed by atoms with Crippen LogP contribution in [0, 0.1) is 0 Å². The lowest BCUT2D eigenvalue weighted by Crippen LogP contribution is -2.21. The van der Waals surface area contributed by atoms with E-state index in [0.29, 0.717) is 11.6 Å². The van der Waals surface area contributed by atoms with Crippen LogP contribution in [0.4, 0.5) is 0 Å². The first kappa shape index (κ1) is 21.2. The number of benzene rings is 3. The third-order valence-electron chi connectivity index (χ3n) is 4.75. The van der Waals surface area contributed by atoms with Crippen molar-refractivity contribution in [3.63, 3.8) is 0 Å². The Bertz CT molecular complexity index is 1220. The number of thioether (sulfide) groups is 1. The van der Waals surface area contributed by atoms with Gasteiger partial charge < -0.3 is 4.57 Å². The molecule has 5 nitrogen and oxygen atoms in total. The van der Waals surface area contributed by atoms with Crippen LogP contribution in [0.3, 0.4) is 0 Å². The molecule has 3 aromatic carbocycles. The van der Waals surface area contributed by atoms with E-state index in [1.54, 1.807) is 0 Å². The summed E-state index contributed by atoms with van der Waals surface area (Å²) in [7, 11) is 0. The number of hydrogen-bond donors (Lipinski definition) is 1. The topological polar surface area (TPSA) is 59.3 Å². The lowest BCUT2D eigenvalue weighted by atomic mass is 10.1. The van der Waals surface area contributed by atoms with E-state index >= 15 is 0 Å². The Hall–Kier alpha value is -3.09. The molecule has 0 spiro atoms. The number of amides is 1. The highest BCUT2D eigenvalue weighted by molar-refractivity contribution is 7.99. The van der Waals surface area contributed by atoms with E-state index in [0.717, 1.165) is 33.0 Å². The number of imidazole rings is 1. The quantitative estimate of drug-likeness (QED) is 0.235. The zero-order valence-corrected chi connectivity index (χ0v) is 18.5. The number of carbonyl (C=O) groups excluding carboxylic acids is 1. The molecule has 4 aromatic rings. The van der Waals surface area contributed by atoms with Crippen molar-refractivity contribution in [3.8, 4) is 0 Å². The van der Waals surface area contributed by atoms with E-state index in [4.69, 9.17) is 16.6 Å². The maximum absolute atomic E-state index is 12.4. The fourth-order valence-corrected chi connectivity index (χ4v) is 4.07. The predicted octanol–water partition coefficient (Wildman–Crippen LogP) is 5.37. The average molecular weight is 449 g/mol. The Morgan fingerprint density at radius 1 is 1.03 bits per heavy atom. The first-order valence-electron chi connectivity index (χ1n) is 9.81. The third-order valence-corrected chi connectivity index (χ3v) is 5.97. The molecule has 0 unspecified atom stereocenters. The van der Waals surface area contributed by atoms with Gasteiger partial charge in [0, 0.05) is 5.02 Å². The van der Waals surface area contributed by atoms with Crippen molar-refractivity contribution in [2.24, 2.45) is 5.10 Å². The molecule has 1 N–H and O–H groups in total. The van der Waals surface area contributed by atoms with Gasteiger partial charge >= 0.3 is 0 Å². The normalized spacial score (nSPS) is 11.6. The minimum absolute atomic E-state index is 0.176. The van der Waals surface area contributed by atoms with E-state index < -0.39 is 0 Å². The SMILES string of the molecule is C/C(=N\NC(=O)CSc1nc2ccccc2n1Cc1ccc(Cl)cc1)c1ccccc1. The van der Waals surface area contributed by atoms with Gasteiger partial charge in [-0.2, -0.15) is 5.10 Å². The Kier molecular flexibility index (Phi) is 6.70. The largest absolute Gasteiger partial charge is 0.314 e. The smallest absolute Gasteiger partial charge is 0.250 e. The van der Waals surface area contributed by atoms with Crippen LogP contribution in [0.2, 0.25) is 5.02 Å². The fourth-order valence-electron chi connectivity index (χ4n) is 3.14. The van der Waals surface area contributed by atoms with Gasteiger partial charge in [-0.3, -0.25) is 4.79 Å². The van der Waals surface area contributed by atoms with Crippen molar-refractivity contribution < 1.29 is 4.79 Å². The monoisotopic (exact) mass is 448 g/mol. The number of halogens is 1. The number of hydrazone groups is 1. The summed E-state index contributed by atoms with van der Waals surface area (Å²) in [6, 6.07) is 25.5. The Balaban J connectivity index is 1.47. The van der Waals surface area contributed by atoms with Crippen molar-refractivity contribution in [2.75, 3.05) is 5.75 Å². The summed E-state index contributed by atoms with van der Waals surface area (Å²) in [5.41, 5.74) is 7.41. The number of nitrogens with one attached hydrogen (secondary N) is 1. The van der Waals surface area contributed by atoms with Crippen molar-refractivity contribution in [3.05, 3.63) is 95.0 Å². The first-order valence-corrected chi connectivity index (χ1v) is 11.2. The maximum atomic E-state index is 12.4. The lowest BCUT2D eigenvalue weighted by Gasteiger charge is -2.09. The number of rotatable bonds is 7. The van der Waals surface area contributed by atoms with E-state index in [1.165, 1.54) is 11.8 Å². The summed E-state index contributed by atoms with van der Waals surface area (Å²) in [4.78, 5) is 17.1. The van der Waals surface area contributed by atoms with Gasteiger partial charge in [0.05, 0.1) is 29.0 Å². The molecule has 0 saturated heterocycles. The summed E-state index contributed by atoms with van der Waals surface area (Å²) in [5.74, 6) is 0.0422. The molecule has 0 radical (unpaired) electrons. The minimum Gasteiger partial charge on any atom is -0.314 e. The first-order chi connectivity index (χ1) is 15.1. The van der Waals surface area contributed by atoms with Gasteiger partial charge in [-0.25, -0.2) is 10.4 Å². The van der Waals surface area contributed by atoms with Crippen LogP contribution in [-0.4, -0.2) is 26.9 Å². The molecule has 1 heterocycles. The molecule has 7 heteroatoms. The molecule has 156 valence electrons. The summed E-state index contributed by atoms with van der Waals surface area (Å²) in [6.45, 7) is 2.52. The Labute approximate surface area is 190 Å². The molecular weight excluding hydrogens is 428 g/mol. The van der Waals surface area contributed by atoms with Crippen LogP contribution < -0.4 is 5.43 Å². The molecule has 31 heavy (non-hydrogen) atoms. The number of nitrogens with zero attached hydrogens (tertiary/aromatic N) is 3. The van der Waals surface area contributed by atoms with Gasteiger partial charge in [0.2, 0.25) is 0 Å². The highest BCUT2D eigenvalue weighted by Gasteiger charge is 2.13. The molecule has 0 aliphatic heterocycles. The average Bonchev–Trinajstić information content (AvgIpc) is 3.15. The Morgan fingerprint density at radius 3 is 2.52 bits per heavy atom. The van der Waals surface area contributed by atoms with E-state index in [-0.39, 0.29) is 11.7 Å². The van der Waals surface area contributed by atoms with Crippen LogP contribution in [0.25, 0.3) is 11.0 Å². The number of hydrogen-bond acceptors (Lipinski definition) is 4. The summed E-state index contributed by atoms with van der Waals surface area (Å²) in [5, 5.41) is 5.70. The standard InChI is InChI=1S/C24H21ClN4OS/c1-17(19-7-3-2-4-8-19)27-28-23(30)16-31-24-26-21-9-5-6-10-22(21)29(24)15-18-11-13-20(25)14-12-18/h2-14H,15-16H2,1H3,(H,28,30)/b27-17+. The zero-order valence-electron chi connectivity index (χ0n) is 17.0. The molecule has 0 fully saturated rings. The van der Waals surface area contributed by atoms with Gasteiger partial charge in [0.1, 0.15) is 0 Å². The maximum Gasteiger partial charge on any atom is 0.250 e. The molecular formula is C24H21ClN4OS. The van der Waals surface area contributed by atoms with E-state index in [1.807, 2.05) is 85.8 Å². The molecule has 0 bridgehead atoms. The van der Waals surface area contributed by atoms with E-state index in [2.05, 4.69) is 15.1 Å². The summed E-state index contributed by atoms with van der Waals surface area (Å²) < 4.78 is 2.12. The van der Waals surface area contributed by atoms with Gasteiger partial charge in [-0.05, 0) is 42.3 Å². The highest BCUT2D eigenvalue weighted by atomic mass is 35.5. The van der Waals surface area contributed by atoms with Gasteiger partial charge in [0.25, 0.3) is 5.91 Å². The second kappa shape index (κ2) is 9.81. The lowest BCUT2D eigenvalue weighted by molar-refractivity contribution is -0.118. The second-order valence-corrected chi connectivity index (χ2v) is 8.36. The van der Waals surface area contributed by atoms with Crippen molar-refractivity contribution >= 4 is 46.0 Å². The Morgan fingerprint density at radius 2 is 1.74 bits per heavy atom. The molecule has 1 amide bonds. The summed E-state index contributed by atoms with van der Waals surface area (Å²) in [6.07, 6.45) is 0. The molecule has 4 rings (SSSR count). The zero-order chi connectivity index (χ0) is 21.6. The molecule has 0 aliphatic rings. The van der Waals surface area contributed by atoms with Gasteiger partial charge in [-0.1, -0.05) is 78.0 Å². The number of carbonyl (C=O) groups is 1. The summed E-state index contributed by atoms with van der Waals surface area (Å²) >= 11 is 7.41. The number of fused-ring (bicyclic) bond motifs is 1. The van der Waals surface area contributed by atoms with Crippen LogP contribution in [-0.2, 0) is 11.3 Å². The van der Waals surface area contributed by atoms with Crippen molar-refractivity contribution in [1.29, 1.82) is 0 Å². The minimum atomic E-state index is -0.176. The molecule has 0 saturated carbocycles. The van der Waals surface area contributed by atoms with Gasteiger partial charge in [-0.15, -0.1) is 0 Å². The molecule has 0 aliphatic carbocycles. The number of aromatic nitrogens is 2. The van der Waals surface area contributed by atoms with Crippen molar-refractivity contribution in [1.82, 2.24) is 15.0 Å². The van der Waals surface area contributed by atoms with Gasteiger partial charge in [0.15, 0.2) is 5.16 Å². The van der Waals surface area contributed by atoms with Crippen LogP contribution in [0.1, 0.15) is 18.1 Å². The molecule has 0 atom stereocenters. The van der Waals surface area contributed by atoms with Crippen molar-refractivity contribution in [2.45, 2.75) is 18.6 Å². The number of para-hydroxylation sites is 2. The second-order valence-electron chi connectivity index (χ2n) is 6.98. The van der Waals surface area contributed by atoms with Crippen LogP contribution in [0.5, 0.6) is 0 Å².